The van der Waals surface area contributed by atoms with E-state index in [0.29, 0.717) is 5.75 Å². The van der Waals surface area contributed by atoms with Crippen LogP contribution in [0.15, 0.2) is 41.4 Å². The molecule has 4 nitrogen and oxygen atoms in total. The summed E-state index contributed by atoms with van der Waals surface area (Å²) in [6.45, 7) is 0. The topological polar surface area (TPSA) is 58.8 Å². The summed E-state index contributed by atoms with van der Waals surface area (Å²) in [4.78, 5) is 8.92. The molecule has 0 aliphatic carbocycles. The number of hydrogen-bond acceptors (Lipinski definition) is 5. The standard InChI is InChI=1S/C12H9N3OS/c1-17-11-5-3-2-4-10(11)16-12-14-7-6-9(8-13)15-12/h2-7H,1H3. The van der Waals surface area contributed by atoms with Crippen molar-refractivity contribution in [3.05, 3.63) is 42.2 Å². The van der Waals surface area contributed by atoms with Gasteiger partial charge in [0.1, 0.15) is 17.5 Å². The summed E-state index contributed by atoms with van der Waals surface area (Å²) in [7, 11) is 0. The molecule has 84 valence electrons. The van der Waals surface area contributed by atoms with Crippen molar-refractivity contribution in [3.8, 4) is 17.8 Å². The molecule has 0 aliphatic heterocycles. The van der Waals surface area contributed by atoms with Gasteiger partial charge in [0.25, 0.3) is 0 Å². The summed E-state index contributed by atoms with van der Waals surface area (Å²) in [5, 5.41) is 8.73. The highest BCUT2D eigenvalue weighted by Gasteiger charge is 2.05. The maximum atomic E-state index is 8.73. The van der Waals surface area contributed by atoms with Gasteiger partial charge in [-0.25, -0.2) is 4.98 Å². The Morgan fingerprint density at radius 2 is 2.12 bits per heavy atom. The molecule has 17 heavy (non-hydrogen) atoms. The molecule has 1 heterocycles. The minimum atomic E-state index is 0.186. The molecule has 0 amide bonds. The van der Waals surface area contributed by atoms with Crippen LogP contribution >= 0.6 is 11.8 Å². The van der Waals surface area contributed by atoms with Gasteiger partial charge < -0.3 is 4.74 Å². The lowest BCUT2D eigenvalue weighted by Gasteiger charge is -2.07. The predicted octanol–water partition coefficient (Wildman–Crippen LogP) is 2.86. The van der Waals surface area contributed by atoms with Crippen LogP contribution < -0.4 is 4.74 Å². The van der Waals surface area contributed by atoms with Gasteiger partial charge in [0.05, 0.1) is 0 Å². The van der Waals surface area contributed by atoms with Gasteiger partial charge in [0.15, 0.2) is 0 Å². The van der Waals surface area contributed by atoms with Gasteiger partial charge >= 0.3 is 6.01 Å². The second-order valence-corrected chi connectivity index (χ2v) is 3.94. The van der Waals surface area contributed by atoms with Gasteiger partial charge in [-0.15, -0.1) is 11.8 Å². The fourth-order valence-electron chi connectivity index (χ4n) is 1.25. The highest BCUT2D eigenvalue weighted by Crippen LogP contribution is 2.29. The number of nitrogens with zero attached hydrogens (tertiary/aromatic N) is 3. The normalized spacial score (nSPS) is 9.65. The smallest absolute Gasteiger partial charge is 0.323 e. The Hall–Kier alpha value is -2.06. The number of hydrogen-bond donors (Lipinski definition) is 0. The molecule has 0 unspecified atom stereocenters. The van der Waals surface area contributed by atoms with Crippen LogP contribution in [0.5, 0.6) is 11.8 Å². The summed E-state index contributed by atoms with van der Waals surface area (Å²) in [5.41, 5.74) is 0.289. The molecule has 1 aromatic heterocycles. The van der Waals surface area contributed by atoms with E-state index >= 15 is 0 Å². The molecule has 0 N–H and O–H groups in total. The minimum Gasteiger partial charge on any atom is -0.423 e. The van der Waals surface area contributed by atoms with Gasteiger partial charge in [-0.3, -0.25) is 0 Å². The Kier molecular flexibility index (Phi) is 3.58. The van der Waals surface area contributed by atoms with E-state index in [1.165, 1.54) is 12.3 Å². The number of benzene rings is 1. The Morgan fingerprint density at radius 3 is 2.88 bits per heavy atom. The molecular weight excluding hydrogens is 234 g/mol. The molecule has 1 aromatic carbocycles. The summed E-state index contributed by atoms with van der Waals surface area (Å²) >= 11 is 1.58. The Bertz CT molecular complexity index is 566. The SMILES string of the molecule is CSc1ccccc1Oc1nccc(C#N)n1. The first-order chi connectivity index (χ1) is 8.33. The fourth-order valence-corrected chi connectivity index (χ4v) is 1.78. The summed E-state index contributed by atoms with van der Waals surface area (Å²) in [6, 6.07) is 11.3. The lowest BCUT2D eigenvalue weighted by Crippen LogP contribution is -1.94. The summed E-state index contributed by atoms with van der Waals surface area (Å²) in [5.74, 6) is 0.690. The minimum absolute atomic E-state index is 0.186. The lowest BCUT2D eigenvalue weighted by molar-refractivity contribution is 0.431. The Balaban J connectivity index is 2.28. The molecule has 0 aliphatic rings. The molecule has 0 spiro atoms. The molecule has 5 heteroatoms. The molecule has 2 rings (SSSR count). The number of ether oxygens (including phenoxy) is 1. The molecular formula is C12H9N3OS. The fraction of sp³-hybridized carbons (Fsp3) is 0.0833. The van der Waals surface area contributed by atoms with E-state index in [2.05, 4.69) is 9.97 Å². The monoisotopic (exact) mass is 243 g/mol. The number of para-hydroxylation sites is 1. The van der Waals surface area contributed by atoms with Gasteiger partial charge in [0, 0.05) is 11.1 Å². The van der Waals surface area contributed by atoms with E-state index in [-0.39, 0.29) is 11.7 Å². The molecule has 0 radical (unpaired) electrons. The lowest BCUT2D eigenvalue weighted by atomic mass is 10.3. The van der Waals surface area contributed by atoms with Gasteiger partial charge in [-0.1, -0.05) is 12.1 Å². The zero-order valence-electron chi connectivity index (χ0n) is 9.12. The second-order valence-electron chi connectivity index (χ2n) is 3.09. The van der Waals surface area contributed by atoms with Crippen LogP contribution in [0, 0.1) is 11.3 Å². The van der Waals surface area contributed by atoms with Crippen molar-refractivity contribution in [2.24, 2.45) is 0 Å². The van der Waals surface area contributed by atoms with Crippen molar-refractivity contribution in [2.45, 2.75) is 4.90 Å². The van der Waals surface area contributed by atoms with Crippen molar-refractivity contribution in [1.82, 2.24) is 9.97 Å². The van der Waals surface area contributed by atoms with E-state index in [1.807, 2.05) is 36.6 Å². The molecule has 2 aromatic rings. The van der Waals surface area contributed by atoms with Crippen LogP contribution in [0.4, 0.5) is 0 Å². The highest BCUT2D eigenvalue weighted by molar-refractivity contribution is 7.98. The van der Waals surface area contributed by atoms with Crippen LogP contribution in [0.2, 0.25) is 0 Å². The van der Waals surface area contributed by atoms with Crippen molar-refractivity contribution in [1.29, 1.82) is 5.26 Å². The third-order valence-electron chi connectivity index (χ3n) is 2.02. The van der Waals surface area contributed by atoms with Crippen molar-refractivity contribution in [3.63, 3.8) is 0 Å². The first-order valence-electron chi connectivity index (χ1n) is 4.87. The molecule has 0 fully saturated rings. The molecule has 0 atom stereocenters. The largest absolute Gasteiger partial charge is 0.423 e. The third-order valence-corrected chi connectivity index (χ3v) is 2.80. The van der Waals surface area contributed by atoms with E-state index < -0.39 is 0 Å². The molecule has 0 bridgehead atoms. The second kappa shape index (κ2) is 5.32. The van der Waals surface area contributed by atoms with Crippen molar-refractivity contribution < 1.29 is 4.74 Å². The van der Waals surface area contributed by atoms with Gasteiger partial charge in [-0.05, 0) is 24.5 Å². The average Bonchev–Trinajstić information content (AvgIpc) is 2.39. The van der Waals surface area contributed by atoms with E-state index in [0.717, 1.165) is 4.90 Å². The number of rotatable bonds is 3. The summed E-state index contributed by atoms with van der Waals surface area (Å²) in [6.07, 6.45) is 3.47. The Morgan fingerprint density at radius 1 is 1.29 bits per heavy atom. The first-order valence-corrected chi connectivity index (χ1v) is 6.10. The van der Waals surface area contributed by atoms with Crippen LogP contribution in [0.3, 0.4) is 0 Å². The quantitative estimate of drug-likeness (QED) is 0.776. The van der Waals surface area contributed by atoms with Crippen LogP contribution in [0.1, 0.15) is 5.69 Å². The number of thioether (sulfide) groups is 1. The van der Waals surface area contributed by atoms with E-state index in [4.69, 9.17) is 10.00 Å². The van der Waals surface area contributed by atoms with Gasteiger partial charge in [-0.2, -0.15) is 10.2 Å². The van der Waals surface area contributed by atoms with Crippen LogP contribution in [-0.2, 0) is 0 Å². The first kappa shape index (κ1) is 11.4. The number of nitriles is 1. The van der Waals surface area contributed by atoms with E-state index in [9.17, 15) is 0 Å². The predicted molar refractivity (Wildman–Crippen MR) is 65.0 cm³/mol. The molecule has 0 saturated carbocycles. The van der Waals surface area contributed by atoms with Crippen LogP contribution in [0.25, 0.3) is 0 Å². The summed E-state index contributed by atoms with van der Waals surface area (Å²) < 4.78 is 5.55. The maximum Gasteiger partial charge on any atom is 0.323 e. The Labute approximate surface area is 103 Å². The van der Waals surface area contributed by atoms with Crippen molar-refractivity contribution in [2.75, 3.05) is 6.26 Å². The van der Waals surface area contributed by atoms with Crippen LogP contribution in [-0.4, -0.2) is 16.2 Å². The van der Waals surface area contributed by atoms with E-state index in [1.54, 1.807) is 11.8 Å². The zero-order valence-corrected chi connectivity index (χ0v) is 9.94. The maximum absolute atomic E-state index is 8.73. The van der Waals surface area contributed by atoms with Crippen molar-refractivity contribution >= 4 is 11.8 Å². The zero-order chi connectivity index (χ0) is 12.1. The van der Waals surface area contributed by atoms with Gasteiger partial charge in [0.2, 0.25) is 0 Å². The third kappa shape index (κ3) is 2.74. The number of aromatic nitrogens is 2. The molecule has 0 saturated heterocycles. The average molecular weight is 243 g/mol. The highest BCUT2D eigenvalue weighted by atomic mass is 32.2.